The smallest absolute Gasteiger partial charge is 0.269 e. The lowest BCUT2D eigenvalue weighted by Gasteiger charge is -2.05. The van der Waals surface area contributed by atoms with Crippen LogP contribution in [0.15, 0.2) is 53.7 Å². The molecule has 0 bridgehead atoms. The van der Waals surface area contributed by atoms with Gasteiger partial charge in [-0.15, -0.1) is 0 Å². The van der Waals surface area contributed by atoms with Gasteiger partial charge in [0.25, 0.3) is 5.69 Å². The van der Waals surface area contributed by atoms with Crippen molar-refractivity contribution in [1.29, 1.82) is 0 Å². The van der Waals surface area contributed by atoms with Crippen LogP contribution in [0.3, 0.4) is 0 Å². The summed E-state index contributed by atoms with van der Waals surface area (Å²) >= 11 is 0. The average Bonchev–Trinajstić information content (AvgIpc) is 2.49. The minimum atomic E-state index is -0.419. The zero-order valence-electron chi connectivity index (χ0n) is 11.0. The Morgan fingerprint density at radius 1 is 1.10 bits per heavy atom. The number of benzene rings is 2. The summed E-state index contributed by atoms with van der Waals surface area (Å²) in [6.07, 6.45) is 0.646. The van der Waals surface area contributed by atoms with Gasteiger partial charge in [0, 0.05) is 12.1 Å². The molecule has 0 fully saturated rings. The van der Waals surface area contributed by atoms with Crippen molar-refractivity contribution >= 4 is 11.4 Å². The lowest BCUT2D eigenvalue weighted by atomic mass is 10.0. The van der Waals surface area contributed by atoms with Crippen molar-refractivity contribution in [1.82, 2.24) is 0 Å². The van der Waals surface area contributed by atoms with E-state index in [2.05, 4.69) is 5.16 Å². The van der Waals surface area contributed by atoms with E-state index in [0.717, 1.165) is 16.7 Å². The largest absolute Gasteiger partial charge is 0.411 e. The highest BCUT2D eigenvalue weighted by Crippen LogP contribution is 2.23. The van der Waals surface area contributed by atoms with Crippen molar-refractivity contribution in [3.05, 3.63) is 64.2 Å². The maximum atomic E-state index is 10.6. The fraction of sp³-hybridized carbons (Fsp3) is 0.133. The number of nitro groups is 1. The van der Waals surface area contributed by atoms with E-state index in [-0.39, 0.29) is 5.69 Å². The van der Waals surface area contributed by atoms with Crippen molar-refractivity contribution in [2.24, 2.45) is 5.16 Å². The second-order valence-electron chi connectivity index (χ2n) is 4.28. The van der Waals surface area contributed by atoms with Crippen LogP contribution < -0.4 is 0 Å². The molecule has 0 saturated carbocycles. The Morgan fingerprint density at radius 3 is 2.00 bits per heavy atom. The van der Waals surface area contributed by atoms with Gasteiger partial charge in [0.05, 0.1) is 10.6 Å². The summed E-state index contributed by atoms with van der Waals surface area (Å²) in [5.74, 6) is 0. The topological polar surface area (TPSA) is 75.7 Å². The molecule has 1 N–H and O–H groups in total. The molecule has 20 heavy (non-hydrogen) atoms. The predicted molar refractivity (Wildman–Crippen MR) is 77.1 cm³/mol. The minimum Gasteiger partial charge on any atom is -0.411 e. The molecule has 0 atom stereocenters. The van der Waals surface area contributed by atoms with Crippen molar-refractivity contribution < 1.29 is 10.1 Å². The van der Waals surface area contributed by atoms with Crippen LogP contribution in [0.1, 0.15) is 18.9 Å². The molecule has 5 heteroatoms. The fourth-order valence-corrected chi connectivity index (χ4v) is 1.96. The first-order valence-corrected chi connectivity index (χ1v) is 6.22. The Kier molecular flexibility index (Phi) is 4.10. The molecule has 0 aliphatic heterocycles. The zero-order valence-corrected chi connectivity index (χ0v) is 11.0. The molecule has 0 unspecified atom stereocenters. The van der Waals surface area contributed by atoms with E-state index in [1.807, 2.05) is 31.2 Å². The second-order valence-corrected chi connectivity index (χ2v) is 4.28. The summed E-state index contributed by atoms with van der Waals surface area (Å²) in [6.45, 7) is 1.92. The molecule has 2 aromatic rings. The zero-order chi connectivity index (χ0) is 14.5. The number of nitro benzene ring substituents is 1. The van der Waals surface area contributed by atoms with Crippen molar-refractivity contribution in [2.45, 2.75) is 13.3 Å². The highest BCUT2D eigenvalue weighted by Gasteiger charge is 2.06. The minimum absolute atomic E-state index is 0.0750. The molecule has 0 amide bonds. The number of hydrogen-bond acceptors (Lipinski definition) is 4. The molecule has 102 valence electrons. The van der Waals surface area contributed by atoms with E-state index in [4.69, 9.17) is 5.21 Å². The van der Waals surface area contributed by atoms with Gasteiger partial charge >= 0.3 is 0 Å². The van der Waals surface area contributed by atoms with E-state index in [1.165, 1.54) is 12.1 Å². The standard InChI is InChI=1S/C15H14N2O3/c1-2-15(16-18)13-5-3-11(4-6-13)12-7-9-14(10-8-12)17(19)20/h3-10,18H,2H2,1H3/b16-15+. The number of hydrogen-bond donors (Lipinski definition) is 1. The van der Waals surface area contributed by atoms with Crippen LogP contribution in [0.2, 0.25) is 0 Å². The van der Waals surface area contributed by atoms with Gasteiger partial charge in [-0.1, -0.05) is 36.3 Å². The van der Waals surface area contributed by atoms with Crippen molar-refractivity contribution in [3.63, 3.8) is 0 Å². The van der Waals surface area contributed by atoms with Gasteiger partial charge in [-0.3, -0.25) is 10.1 Å². The van der Waals surface area contributed by atoms with Gasteiger partial charge in [-0.05, 0) is 35.2 Å². The molecule has 0 aliphatic carbocycles. The van der Waals surface area contributed by atoms with Crippen molar-refractivity contribution in [2.75, 3.05) is 0 Å². The summed E-state index contributed by atoms with van der Waals surface area (Å²) in [5, 5.41) is 22.7. The van der Waals surface area contributed by atoms with Crippen LogP contribution in [0.25, 0.3) is 11.1 Å². The van der Waals surface area contributed by atoms with E-state index in [9.17, 15) is 10.1 Å². The summed E-state index contributed by atoms with van der Waals surface area (Å²) in [7, 11) is 0. The van der Waals surface area contributed by atoms with Crippen LogP contribution in [0.5, 0.6) is 0 Å². The Morgan fingerprint density at radius 2 is 1.60 bits per heavy atom. The molecule has 0 aliphatic rings. The molecule has 0 saturated heterocycles. The van der Waals surface area contributed by atoms with Crippen LogP contribution in [-0.2, 0) is 0 Å². The summed E-state index contributed by atoms with van der Waals surface area (Å²) < 4.78 is 0. The van der Waals surface area contributed by atoms with Crippen molar-refractivity contribution in [3.8, 4) is 11.1 Å². The third-order valence-electron chi connectivity index (χ3n) is 3.09. The van der Waals surface area contributed by atoms with Gasteiger partial charge in [-0.2, -0.15) is 0 Å². The molecule has 2 aromatic carbocycles. The van der Waals surface area contributed by atoms with Gasteiger partial charge < -0.3 is 5.21 Å². The molecular formula is C15H14N2O3. The Bertz CT molecular complexity index is 631. The van der Waals surface area contributed by atoms with Crippen LogP contribution in [0.4, 0.5) is 5.69 Å². The SMILES string of the molecule is CC/C(=N\O)c1ccc(-c2ccc([N+](=O)[O-])cc2)cc1. The molecule has 2 rings (SSSR count). The number of oxime groups is 1. The normalized spacial score (nSPS) is 11.3. The quantitative estimate of drug-likeness (QED) is 0.397. The summed E-state index contributed by atoms with van der Waals surface area (Å²) in [5.41, 5.74) is 3.42. The molecule has 0 aromatic heterocycles. The summed E-state index contributed by atoms with van der Waals surface area (Å²) in [6, 6.07) is 13.9. The maximum absolute atomic E-state index is 10.6. The Labute approximate surface area is 116 Å². The second kappa shape index (κ2) is 5.97. The molecule has 0 spiro atoms. The first-order chi connectivity index (χ1) is 9.65. The molecule has 5 nitrogen and oxygen atoms in total. The maximum Gasteiger partial charge on any atom is 0.269 e. The Balaban J connectivity index is 2.28. The van der Waals surface area contributed by atoms with E-state index >= 15 is 0 Å². The first kappa shape index (κ1) is 13.7. The van der Waals surface area contributed by atoms with E-state index in [0.29, 0.717) is 12.1 Å². The molecular weight excluding hydrogens is 256 g/mol. The number of nitrogens with zero attached hydrogens (tertiary/aromatic N) is 2. The third-order valence-corrected chi connectivity index (χ3v) is 3.09. The molecule has 0 radical (unpaired) electrons. The van der Waals surface area contributed by atoms with Gasteiger partial charge in [0.15, 0.2) is 0 Å². The van der Waals surface area contributed by atoms with Gasteiger partial charge in [0.2, 0.25) is 0 Å². The van der Waals surface area contributed by atoms with E-state index < -0.39 is 4.92 Å². The number of rotatable bonds is 4. The third kappa shape index (κ3) is 2.83. The number of non-ortho nitro benzene ring substituents is 1. The average molecular weight is 270 g/mol. The van der Waals surface area contributed by atoms with Crippen LogP contribution in [0, 0.1) is 10.1 Å². The first-order valence-electron chi connectivity index (χ1n) is 6.22. The molecule has 0 heterocycles. The highest BCUT2D eigenvalue weighted by molar-refractivity contribution is 6.00. The monoisotopic (exact) mass is 270 g/mol. The Hall–Kier alpha value is -2.69. The van der Waals surface area contributed by atoms with E-state index in [1.54, 1.807) is 12.1 Å². The van der Waals surface area contributed by atoms with Crippen LogP contribution >= 0.6 is 0 Å². The predicted octanol–water partition coefficient (Wildman–Crippen LogP) is 3.85. The lowest BCUT2D eigenvalue weighted by Crippen LogP contribution is -1.98. The van der Waals surface area contributed by atoms with Gasteiger partial charge in [0.1, 0.15) is 0 Å². The fourth-order valence-electron chi connectivity index (χ4n) is 1.96. The van der Waals surface area contributed by atoms with Gasteiger partial charge in [-0.25, -0.2) is 0 Å². The van der Waals surface area contributed by atoms with Crippen LogP contribution in [-0.4, -0.2) is 15.8 Å². The summed E-state index contributed by atoms with van der Waals surface area (Å²) in [4.78, 5) is 10.2. The lowest BCUT2D eigenvalue weighted by molar-refractivity contribution is -0.384. The highest BCUT2D eigenvalue weighted by atomic mass is 16.6.